The van der Waals surface area contributed by atoms with Gasteiger partial charge in [-0.3, -0.25) is 4.79 Å². The number of carbonyl (C=O) groups excluding carboxylic acids is 1. The van der Waals surface area contributed by atoms with Crippen molar-refractivity contribution < 1.29 is 4.79 Å². The second-order valence-electron chi connectivity index (χ2n) is 6.69. The number of nitrogens with one attached hydrogen (secondary N) is 1. The molecule has 1 aromatic heterocycles. The fourth-order valence-corrected chi connectivity index (χ4v) is 3.08. The third-order valence-corrected chi connectivity index (χ3v) is 4.48. The zero-order chi connectivity index (χ0) is 18.5. The molecule has 6 nitrogen and oxygen atoms in total. The first-order valence-electron chi connectivity index (χ1n) is 8.91. The molecule has 136 valence electrons. The lowest BCUT2D eigenvalue weighted by atomic mass is 10.1. The number of urea groups is 1. The predicted octanol–water partition coefficient (Wildman–Crippen LogP) is 2.52. The molecule has 0 unspecified atom stereocenters. The van der Waals surface area contributed by atoms with E-state index in [0.29, 0.717) is 25.6 Å². The molecule has 0 bridgehead atoms. The van der Waals surface area contributed by atoms with Crippen LogP contribution in [0.5, 0.6) is 0 Å². The van der Waals surface area contributed by atoms with Gasteiger partial charge in [-0.1, -0.05) is 56.3 Å². The van der Waals surface area contributed by atoms with E-state index in [2.05, 4.69) is 30.3 Å². The van der Waals surface area contributed by atoms with Crippen LogP contribution in [0.4, 0.5) is 4.79 Å². The molecule has 26 heavy (non-hydrogen) atoms. The standard InChI is InChI=1S/C20H24N4O2/c1-15(2)18-9-6-13-23(18)20(26)21-12-14-24-19(25)11-10-17(22-24)16-7-4-3-5-8-16/h3-11,15,18H,12-14H2,1-2H3,(H,21,26)/t18-/m0/s1. The zero-order valence-corrected chi connectivity index (χ0v) is 15.1. The van der Waals surface area contributed by atoms with Crippen LogP contribution in [0.1, 0.15) is 13.8 Å². The van der Waals surface area contributed by atoms with Crippen molar-refractivity contribution in [3.63, 3.8) is 0 Å². The van der Waals surface area contributed by atoms with Gasteiger partial charge in [-0.05, 0) is 12.0 Å². The van der Waals surface area contributed by atoms with Crippen LogP contribution < -0.4 is 10.9 Å². The van der Waals surface area contributed by atoms with E-state index >= 15 is 0 Å². The average molecular weight is 352 g/mol. The maximum absolute atomic E-state index is 12.4. The van der Waals surface area contributed by atoms with Crippen LogP contribution in [0, 0.1) is 5.92 Å². The minimum atomic E-state index is -0.179. The minimum absolute atomic E-state index is 0.110. The fourth-order valence-electron chi connectivity index (χ4n) is 3.08. The summed E-state index contributed by atoms with van der Waals surface area (Å²) in [5.41, 5.74) is 1.51. The molecule has 1 aliphatic heterocycles. The monoisotopic (exact) mass is 352 g/mol. The molecule has 0 saturated carbocycles. The Bertz CT molecular complexity index is 842. The second kappa shape index (κ2) is 7.99. The van der Waals surface area contributed by atoms with E-state index in [-0.39, 0.29) is 17.6 Å². The van der Waals surface area contributed by atoms with E-state index in [4.69, 9.17) is 0 Å². The van der Waals surface area contributed by atoms with Crippen LogP contribution in [-0.4, -0.2) is 39.8 Å². The van der Waals surface area contributed by atoms with Crippen molar-refractivity contribution in [3.8, 4) is 11.3 Å². The summed E-state index contributed by atoms with van der Waals surface area (Å²) in [5.74, 6) is 0.367. The van der Waals surface area contributed by atoms with Gasteiger partial charge in [0.05, 0.1) is 18.3 Å². The number of nitrogens with zero attached hydrogens (tertiary/aromatic N) is 3. The lowest BCUT2D eigenvalue weighted by Gasteiger charge is -2.27. The van der Waals surface area contributed by atoms with Gasteiger partial charge in [0.15, 0.2) is 0 Å². The normalized spacial score (nSPS) is 16.3. The van der Waals surface area contributed by atoms with Gasteiger partial charge in [-0.2, -0.15) is 5.10 Å². The number of aromatic nitrogens is 2. The van der Waals surface area contributed by atoms with E-state index in [9.17, 15) is 9.59 Å². The molecule has 1 atom stereocenters. The van der Waals surface area contributed by atoms with Crippen LogP contribution in [0.2, 0.25) is 0 Å². The summed E-state index contributed by atoms with van der Waals surface area (Å²) in [4.78, 5) is 26.2. The highest BCUT2D eigenvalue weighted by Gasteiger charge is 2.26. The zero-order valence-electron chi connectivity index (χ0n) is 15.1. The van der Waals surface area contributed by atoms with Gasteiger partial charge in [0, 0.05) is 24.7 Å². The molecule has 2 heterocycles. The highest BCUT2D eigenvalue weighted by Crippen LogP contribution is 2.17. The molecule has 3 rings (SSSR count). The first-order valence-corrected chi connectivity index (χ1v) is 8.91. The van der Waals surface area contributed by atoms with Crippen LogP contribution in [0.25, 0.3) is 11.3 Å². The Morgan fingerprint density at radius 3 is 2.73 bits per heavy atom. The molecule has 0 radical (unpaired) electrons. The van der Waals surface area contributed by atoms with Crippen molar-refractivity contribution >= 4 is 6.03 Å². The summed E-state index contributed by atoms with van der Waals surface area (Å²) < 4.78 is 1.39. The molecule has 2 amide bonds. The lowest BCUT2D eigenvalue weighted by Crippen LogP contribution is -2.46. The third kappa shape index (κ3) is 4.02. The number of hydrogen-bond acceptors (Lipinski definition) is 3. The molecule has 1 aromatic carbocycles. The molecule has 0 aliphatic carbocycles. The number of amides is 2. The van der Waals surface area contributed by atoms with Crippen LogP contribution in [-0.2, 0) is 6.54 Å². The summed E-state index contributed by atoms with van der Waals surface area (Å²) in [6.07, 6.45) is 4.08. The van der Waals surface area contributed by atoms with Gasteiger partial charge in [-0.25, -0.2) is 9.48 Å². The third-order valence-electron chi connectivity index (χ3n) is 4.48. The number of carbonyl (C=O) groups is 1. The van der Waals surface area contributed by atoms with Crippen molar-refractivity contribution in [3.05, 3.63) is 65.0 Å². The summed E-state index contributed by atoms with van der Waals surface area (Å²) in [7, 11) is 0. The minimum Gasteiger partial charge on any atom is -0.336 e. The maximum Gasteiger partial charge on any atom is 0.318 e. The molecule has 2 aromatic rings. The van der Waals surface area contributed by atoms with E-state index in [1.807, 2.05) is 36.4 Å². The summed E-state index contributed by atoms with van der Waals surface area (Å²) in [6, 6.07) is 12.9. The Kier molecular flexibility index (Phi) is 5.51. The Morgan fingerprint density at radius 1 is 1.23 bits per heavy atom. The van der Waals surface area contributed by atoms with Crippen molar-refractivity contribution in [1.29, 1.82) is 0 Å². The molecular weight excluding hydrogens is 328 g/mol. The average Bonchev–Trinajstić information content (AvgIpc) is 3.14. The van der Waals surface area contributed by atoms with Crippen molar-refractivity contribution in [2.24, 2.45) is 5.92 Å². The number of hydrogen-bond donors (Lipinski definition) is 1. The van der Waals surface area contributed by atoms with Crippen molar-refractivity contribution in [2.45, 2.75) is 26.4 Å². The second-order valence-corrected chi connectivity index (χ2v) is 6.69. The van der Waals surface area contributed by atoms with Crippen LogP contribution >= 0.6 is 0 Å². The first-order chi connectivity index (χ1) is 12.6. The Morgan fingerprint density at radius 2 is 2.00 bits per heavy atom. The molecule has 1 aliphatic rings. The molecule has 0 fully saturated rings. The van der Waals surface area contributed by atoms with Gasteiger partial charge >= 0.3 is 6.03 Å². The van der Waals surface area contributed by atoms with Gasteiger partial charge in [0.2, 0.25) is 0 Å². The van der Waals surface area contributed by atoms with E-state index in [0.717, 1.165) is 11.3 Å². The summed E-state index contributed by atoms with van der Waals surface area (Å²) in [6.45, 7) is 5.50. The first kappa shape index (κ1) is 17.9. The Hall–Kier alpha value is -2.89. The predicted molar refractivity (Wildman–Crippen MR) is 102 cm³/mol. The SMILES string of the molecule is CC(C)[C@@H]1C=CCN1C(=O)NCCn1nc(-c2ccccc2)ccc1=O. The van der Waals surface area contributed by atoms with Gasteiger partial charge in [-0.15, -0.1) is 0 Å². The van der Waals surface area contributed by atoms with Crippen molar-refractivity contribution in [1.82, 2.24) is 20.0 Å². The van der Waals surface area contributed by atoms with Gasteiger partial charge in [0.1, 0.15) is 0 Å². The topological polar surface area (TPSA) is 67.2 Å². The summed E-state index contributed by atoms with van der Waals surface area (Å²) in [5, 5.41) is 7.30. The van der Waals surface area contributed by atoms with E-state index in [1.165, 1.54) is 10.7 Å². The fraction of sp³-hybridized carbons (Fsp3) is 0.350. The maximum atomic E-state index is 12.4. The molecular formula is C20H24N4O2. The van der Waals surface area contributed by atoms with E-state index in [1.54, 1.807) is 11.0 Å². The lowest BCUT2D eigenvalue weighted by molar-refractivity contribution is 0.185. The van der Waals surface area contributed by atoms with Gasteiger partial charge < -0.3 is 10.2 Å². The quantitative estimate of drug-likeness (QED) is 0.841. The molecule has 0 saturated heterocycles. The highest BCUT2D eigenvalue weighted by atomic mass is 16.2. The Labute approximate surface area is 153 Å². The molecule has 1 N–H and O–H groups in total. The Balaban J connectivity index is 1.61. The smallest absolute Gasteiger partial charge is 0.318 e. The van der Waals surface area contributed by atoms with Gasteiger partial charge in [0.25, 0.3) is 5.56 Å². The van der Waals surface area contributed by atoms with Crippen LogP contribution in [0.3, 0.4) is 0 Å². The van der Waals surface area contributed by atoms with E-state index < -0.39 is 0 Å². The highest BCUT2D eigenvalue weighted by molar-refractivity contribution is 5.75. The molecule has 6 heteroatoms. The van der Waals surface area contributed by atoms with Crippen LogP contribution in [0.15, 0.2) is 59.4 Å². The molecule has 0 spiro atoms. The largest absolute Gasteiger partial charge is 0.336 e. The van der Waals surface area contributed by atoms with Crippen molar-refractivity contribution in [2.75, 3.05) is 13.1 Å². The number of benzene rings is 1. The number of rotatable bonds is 5. The summed E-state index contributed by atoms with van der Waals surface area (Å²) >= 11 is 0.